The van der Waals surface area contributed by atoms with Gasteiger partial charge >= 0.3 is 6.18 Å². The Morgan fingerprint density at radius 1 is 1.36 bits per heavy atom. The number of nitrogens with two attached hydrogens (primary N) is 1. The molecule has 0 aromatic carbocycles. The largest absolute Gasteiger partial charge is 0.416 e. The maximum Gasteiger partial charge on any atom is 0.416 e. The number of amides is 1. The van der Waals surface area contributed by atoms with Gasteiger partial charge in [-0.15, -0.1) is 11.3 Å². The molecular weight excluding hydrogens is 317 g/mol. The van der Waals surface area contributed by atoms with Crippen LogP contribution < -0.4 is 11.1 Å². The van der Waals surface area contributed by atoms with E-state index in [-0.39, 0.29) is 22.3 Å². The summed E-state index contributed by atoms with van der Waals surface area (Å²) in [6, 6.07) is 0.488. The van der Waals surface area contributed by atoms with Crippen LogP contribution in [0.3, 0.4) is 0 Å². The number of alkyl halides is 3. The molecule has 3 N–H and O–H groups in total. The van der Waals surface area contributed by atoms with Crippen molar-refractivity contribution >= 4 is 23.1 Å². The lowest BCUT2D eigenvalue weighted by Crippen LogP contribution is -2.14. The molecule has 0 saturated carbocycles. The second kappa shape index (κ2) is 6.01. The molecule has 0 aliphatic carbocycles. The summed E-state index contributed by atoms with van der Waals surface area (Å²) in [5.74, 6) is -0.743. The molecule has 0 bridgehead atoms. The van der Waals surface area contributed by atoms with E-state index in [0.29, 0.717) is 5.01 Å². The van der Waals surface area contributed by atoms with E-state index < -0.39 is 17.6 Å². The highest BCUT2D eigenvalue weighted by Gasteiger charge is 2.33. The number of rotatable bonds is 3. The minimum atomic E-state index is -4.50. The number of nitrogens with zero attached hydrogens (tertiary/aromatic N) is 2. The highest BCUT2D eigenvalue weighted by atomic mass is 32.1. The zero-order valence-electron chi connectivity index (χ0n) is 11.7. The first-order chi connectivity index (χ1) is 10.2. The van der Waals surface area contributed by atoms with E-state index in [1.54, 1.807) is 6.92 Å². The summed E-state index contributed by atoms with van der Waals surface area (Å²) in [6.07, 6.45) is -2.10. The third-order valence-corrected chi connectivity index (χ3v) is 3.98. The zero-order chi connectivity index (χ0) is 16.5. The van der Waals surface area contributed by atoms with Gasteiger partial charge in [0.2, 0.25) is 0 Å². The number of aryl methyl sites for hydroxylation is 1. The maximum absolute atomic E-state index is 12.8. The predicted octanol–water partition coefficient (Wildman–Crippen LogP) is 3.14. The second-order valence-electron chi connectivity index (χ2n) is 4.69. The molecule has 0 fully saturated rings. The summed E-state index contributed by atoms with van der Waals surface area (Å²) in [4.78, 5) is 20.0. The summed E-state index contributed by atoms with van der Waals surface area (Å²) in [7, 11) is 0. The number of carbonyl (C=O) groups excluding carboxylic acids is 1. The van der Waals surface area contributed by atoms with Gasteiger partial charge in [-0.1, -0.05) is 0 Å². The molecule has 1 atom stereocenters. The van der Waals surface area contributed by atoms with Crippen molar-refractivity contribution < 1.29 is 18.0 Å². The number of carbonyl (C=O) groups is 1. The van der Waals surface area contributed by atoms with Crippen molar-refractivity contribution in [3.8, 4) is 0 Å². The van der Waals surface area contributed by atoms with Crippen LogP contribution in [-0.2, 0) is 6.18 Å². The lowest BCUT2D eigenvalue weighted by atomic mass is 10.1. The van der Waals surface area contributed by atoms with Crippen LogP contribution >= 0.6 is 11.3 Å². The molecule has 0 saturated heterocycles. The van der Waals surface area contributed by atoms with Gasteiger partial charge in [-0.3, -0.25) is 4.79 Å². The lowest BCUT2D eigenvalue weighted by Gasteiger charge is -2.11. The molecule has 2 aromatic rings. The van der Waals surface area contributed by atoms with Crippen LogP contribution in [0.5, 0.6) is 0 Å². The van der Waals surface area contributed by atoms with Crippen molar-refractivity contribution in [3.63, 3.8) is 0 Å². The Balaban J connectivity index is 2.21. The van der Waals surface area contributed by atoms with Crippen LogP contribution in [0.15, 0.2) is 18.5 Å². The third kappa shape index (κ3) is 3.60. The van der Waals surface area contributed by atoms with Crippen LogP contribution in [0.25, 0.3) is 0 Å². The molecule has 2 rings (SSSR count). The van der Waals surface area contributed by atoms with E-state index in [4.69, 9.17) is 5.73 Å². The number of anilines is 1. The highest BCUT2D eigenvalue weighted by Crippen LogP contribution is 2.32. The number of hydrogen-bond acceptors (Lipinski definition) is 5. The van der Waals surface area contributed by atoms with Gasteiger partial charge in [-0.25, -0.2) is 9.97 Å². The predicted molar refractivity (Wildman–Crippen MR) is 76.6 cm³/mol. The van der Waals surface area contributed by atoms with Gasteiger partial charge in [0.1, 0.15) is 15.7 Å². The van der Waals surface area contributed by atoms with E-state index in [2.05, 4.69) is 15.3 Å². The lowest BCUT2D eigenvalue weighted by molar-refractivity contribution is -0.138. The number of nitrogens with one attached hydrogen (secondary N) is 1. The molecule has 2 aromatic heterocycles. The number of thiazole rings is 1. The molecule has 118 valence electrons. The first-order valence-electron chi connectivity index (χ1n) is 6.25. The van der Waals surface area contributed by atoms with Crippen LogP contribution in [0.4, 0.5) is 19.0 Å². The molecule has 0 radical (unpaired) electrons. The summed E-state index contributed by atoms with van der Waals surface area (Å²) >= 11 is 1.08. The number of aromatic nitrogens is 2. The minimum Gasteiger partial charge on any atom is -0.322 e. The normalized spacial score (nSPS) is 13.0. The van der Waals surface area contributed by atoms with Crippen molar-refractivity contribution in [3.05, 3.63) is 39.5 Å². The fraction of sp³-hybridized carbons (Fsp3) is 0.308. The maximum atomic E-state index is 12.8. The molecule has 2 heterocycles. The van der Waals surface area contributed by atoms with Gasteiger partial charge in [-0.05, 0) is 25.5 Å². The minimum absolute atomic E-state index is 0.0115. The summed E-state index contributed by atoms with van der Waals surface area (Å²) < 4.78 is 38.5. The van der Waals surface area contributed by atoms with E-state index in [9.17, 15) is 18.0 Å². The van der Waals surface area contributed by atoms with E-state index in [0.717, 1.165) is 23.6 Å². The van der Waals surface area contributed by atoms with Crippen molar-refractivity contribution in [2.75, 3.05) is 5.32 Å². The van der Waals surface area contributed by atoms with Gasteiger partial charge in [0.25, 0.3) is 5.91 Å². The monoisotopic (exact) mass is 330 g/mol. The van der Waals surface area contributed by atoms with Crippen molar-refractivity contribution in [2.45, 2.75) is 26.1 Å². The molecule has 0 aliphatic rings. The summed E-state index contributed by atoms with van der Waals surface area (Å²) in [6.45, 7) is 3.02. The highest BCUT2D eigenvalue weighted by molar-refractivity contribution is 7.13. The van der Waals surface area contributed by atoms with Crippen LogP contribution in [-0.4, -0.2) is 15.9 Å². The van der Waals surface area contributed by atoms with E-state index in [1.807, 2.05) is 0 Å². The molecular formula is C13H13F3N4OS. The SMILES string of the molecule is Cc1cnc(NC(=O)c2cnc([C@@H](C)N)s2)cc1C(F)(F)F. The van der Waals surface area contributed by atoms with Gasteiger partial charge in [-0.2, -0.15) is 13.2 Å². The van der Waals surface area contributed by atoms with Gasteiger partial charge in [0.05, 0.1) is 17.8 Å². The molecule has 0 aliphatic heterocycles. The van der Waals surface area contributed by atoms with Gasteiger partial charge in [0.15, 0.2) is 0 Å². The van der Waals surface area contributed by atoms with Crippen molar-refractivity contribution in [2.24, 2.45) is 5.73 Å². The molecule has 0 spiro atoms. The molecule has 5 nitrogen and oxygen atoms in total. The Labute approximate surface area is 128 Å². The smallest absolute Gasteiger partial charge is 0.322 e. The number of pyridine rings is 1. The van der Waals surface area contributed by atoms with E-state index >= 15 is 0 Å². The van der Waals surface area contributed by atoms with Crippen LogP contribution in [0.2, 0.25) is 0 Å². The Kier molecular flexibility index (Phi) is 4.47. The number of halogens is 3. The average Bonchev–Trinajstić information content (AvgIpc) is 2.89. The van der Waals surface area contributed by atoms with Crippen molar-refractivity contribution in [1.29, 1.82) is 0 Å². The standard InChI is InChI=1S/C13H13F3N4OS/c1-6-4-18-10(3-8(6)13(14,15)16)20-11(21)9-5-19-12(22-9)7(2)17/h3-5,7H,17H2,1-2H3,(H,18,20,21)/t7-/m1/s1. The van der Waals surface area contributed by atoms with Gasteiger partial charge < -0.3 is 11.1 Å². The fourth-order valence-electron chi connectivity index (χ4n) is 1.68. The molecule has 0 unspecified atom stereocenters. The van der Waals surface area contributed by atoms with E-state index in [1.165, 1.54) is 13.1 Å². The quantitative estimate of drug-likeness (QED) is 0.906. The molecule has 1 amide bonds. The van der Waals surface area contributed by atoms with Crippen molar-refractivity contribution in [1.82, 2.24) is 9.97 Å². The molecule has 22 heavy (non-hydrogen) atoms. The average molecular weight is 330 g/mol. The fourth-order valence-corrected chi connectivity index (χ4v) is 2.44. The first-order valence-corrected chi connectivity index (χ1v) is 7.06. The second-order valence-corrected chi connectivity index (χ2v) is 5.75. The Hall–Kier alpha value is -2.00. The first kappa shape index (κ1) is 16.4. The zero-order valence-corrected chi connectivity index (χ0v) is 12.5. The Bertz CT molecular complexity index is 697. The van der Waals surface area contributed by atoms with Gasteiger partial charge in [0, 0.05) is 6.20 Å². The number of hydrogen-bond donors (Lipinski definition) is 2. The molecule has 9 heteroatoms. The Morgan fingerprint density at radius 3 is 2.59 bits per heavy atom. The van der Waals surface area contributed by atoms with Crippen LogP contribution in [0.1, 0.15) is 38.8 Å². The van der Waals surface area contributed by atoms with Crippen LogP contribution in [0, 0.1) is 6.92 Å². The Morgan fingerprint density at radius 2 is 2.05 bits per heavy atom. The topological polar surface area (TPSA) is 80.9 Å². The summed E-state index contributed by atoms with van der Waals surface area (Å²) in [5.41, 5.74) is 4.80. The third-order valence-electron chi connectivity index (χ3n) is 2.79. The summed E-state index contributed by atoms with van der Waals surface area (Å²) in [5, 5.41) is 2.90.